The second-order valence-electron chi connectivity index (χ2n) is 5.81. The lowest BCUT2D eigenvalue weighted by Crippen LogP contribution is -1.89. The van der Waals surface area contributed by atoms with Gasteiger partial charge in [0.2, 0.25) is 0 Å². The van der Waals surface area contributed by atoms with E-state index in [2.05, 4.69) is 56.3 Å². The summed E-state index contributed by atoms with van der Waals surface area (Å²) in [4.78, 5) is 0. The molecule has 0 nitrogen and oxygen atoms in total. The molecule has 0 aromatic heterocycles. The summed E-state index contributed by atoms with van der Waals surface area (Å²) >= 11 is 0. The molecular formula is C21H19F. The predicted molar refractivity (Wildman–Crippen MR) is 91.5 cm³/mol. The zero-order valence-corrected chi connectivity index (χ0v) is 13.2. The predicted octanol–water partition coefficient (Wildman–Crippen LogP) is 6.08. The molecule has 110 valence electrons. The van der Waals surface area contributed by atoms with Crippen LogP contribution in [0.4, 0.5) is 4.39 Å². The van der Waals surface area contributed by atoms with Gasteiger partial charge in [0.1, 0.15) is 5.82 Å². The summed E-state index contributed by atoms with van der Waals surface area (Å²) in [5.41, 5.74) is 7.85. The van der Waals surface area contributed by atoms with Gasteiger partial charge < -0.3 is 0 Å². The summed E-state index contributed by atoms with van der Waals surface area (Å²) in [6.45, 7) is 6.04. The smallest absolute Gasteiger partial charge is 0.126 e. The van der Waals surface area contributed by atoms with Gasteiger partial charge in [-0.3, -0.25) is 0 Å². The van der Waals surface area contributed by atoms with Crippen molar-refractivity contribution in [3.63, 3.8) is 0 Å². The molecular weight excluding hydrogens is 271 g/mol. The van der Waals surface area contributed by atoms with Crippen molar-refractivity contribution in [1.82, 2.24) is 0 Å². The van der Waals surface area contributed by atoms with Crippen molar-refractivity contribution in [2.24, 2.45) is 0 Å². The Kier molecular flexibility index (Phi) is 3.81. The van der Waals surface area contributed by atoms with Crippen LogP contribution in [-0.4, -0.2) is 0 Å². The molecule has 0 fully saturated rings. The van der Waals surface area contributed by atoms with Gasteiger partial charge in [0, 0.05) is 0 Å². The van der Waals surface area contributed by atoms with Crippen molar-refractivity contribution in [3.05, 3.63) is 83.2 Å². The van der Waals surface area contributed by atoms with Crippen LogP contribution in [0, 0.1) is 26.6 Å². The molecule has 0 aliphatic heterocycles. The van der Waals surface area contributed by atoms with E-state index in [0.717, 1.165) is 11.1 Å². The van der Waals surface area contributed by atoms with Crippen LogP contribution in [0.1, 0.15) is 16.7 Å². The fourth-order valence-electron chi connectivity index (χ4n) is 2.86. The maximum absolute atomic E-state index is 13.4. The average molecular weight is 290 g/mol. The van der Waals surface area contributed by atoms with E-state index < -0.39 is 0 Å². The van der Waals surface area contributed by atoms with E-state index in [1.54, 1.807) is 13.0 Å². The summed E-state index contributed by atoms with van der Waals surface area (Å²) in [5.74, 6) is -0.155. The number of benzene rings is 3. The van der Waals surface area contributed by atoms with Crippen LogP contribution in [0.2, 0.25) is 0 Å². The normalized spacial score (nSPS) is 10.7. The van der Waals surface area contributed by atoms with Gasteiger partial charge in [-0.25, -0.2) is 4.39 Å². The summed E-state index contributed by atoms with van der Waals surface area (Å²) < 4.78 is 13.4. The average Bonchev–Trinajstić information content (AvgIpc) is 2.50. The van der Waals surface area contributed by atoms with E-state index in [-0.39, 0.29) is 5.82 Å². The number of hydrogen-bond donors (Lipinski definition) is 0. The molecule has 0 spiro atoms. The summed E-state index contributed by atoms with van der Waals surface area (Å²) in [5, 5.41) is 0. The van der Waals surface area contributed by atoms with Crippen LogP contribution < -0.4 is 0 Å². The molecule has 0 N–H and O–H groups in total. The zero-order chi connectivity index (χ0) is 15.7. The molecule has 3 aromatic rings. The van der Waals surface area contributed by atoms with E-state index in [1.807, 2.05) is 12.1 Å². The lowest BCUT2D eigenvalue weighted by Gasteiger charge is -2.11. The van der Waals surface area contributed by atoms with Crippen molar-refractivity contribution < 1.29 is 4.39 Å². The summed E-state index contributed by atoms with van der Waals surface area (Å²) in [7, 11) is 0. The van der Waals surface area contributed by atoms with Crippen molar-refractivity contribution in [2.75, 3.05) is 0 Å². The van der Waals surface area contributed by atoms with Gasteiger partial charge in [-0.2, -0.15) is 0 Å². The molecule has 0 atom stereocenters. The van der Waals surface area contributed by atoms with Crippen LogP contribution in [0.5, 0.6) is 0 Å². The minimum atomic E-state index is -0.155. The van der Waals surface area contributed by atoms with Crippen LogP contribution >= 0.6 is 0 Å². The molecule has 0 unspecified atom stereocenters. The molecule has 0 aliphatic rings. The SMILES string of the molecule is Cc1cc(-c2ccc(-c3ccccc3C)cc2C)ccc1F. The Balaban J connectivity index is 2.06. The van der Waals surface area contributed by atoms with Crippen molar-refractivity contribution >= 4 is 0 Å². The minimum Gasteiger partial charge on any atom is -0.207 e. The first kappa shape index (κ1) is 14.5. The van der Waals surface area contributed by atoms with Gasteiger partial charge in [0.15, 0.2) is 0 Å². The fourth-order valence-corrected chi connectivity index (χ4v) is 2.86. The number of rotatable bonds is 2. The Hall–Kier alpha value is -2.41. The quantitative estimate of drug-likeness (QED) is 0.536. The third kappa shape index (κ3) is 2.67. The van der Waals surface area contributed by atoms with Crippen LogP contribution in [0.15, 0.2) is 60.7 Å². The molecule has 0 amide bonds. The number of hydrogen-bond acceptors (Lipinski definition) is 0. The topological polar surface area (TPSA) is 0 Å². The van der Waals surface area contributed by atoms with Gasteiger partial charge >= 0.3 is 0 Å². The molecule has 0 saturated carbocycles. The Morgan fingerprint density at radius 3 is 1.82 bits per heavy atom. The first-order valence-electron chi connectivity index (χ1n) is 7.49. The third-order valence-electron chi connectivity index (χ3n) is 4.15. The Labute approximate surface area is 131 Å². The van der Waals surface area contributed by atoms with E-state index in [1.165, 1.54) is 22.3 Å². The molecule has 0 aliphatic carbocycles. The van der Waals surface area contributed by atoms with E-state index in [9.17, 15) is 4.39 Å². The highest BCUT2D eigenvalue weighted by atomic mass is 19.1. The highest BCUT2D eigenvalue weighted by Crippen LogP contribution is 2.30. The van der Waals surface area contributed by atoms with Crippen LogP contribution in [-0.2, 0) is 0 Å². The van der Waals surface area contributed by atoms with Gasteiger partial charge in [-0.15, -0.1) is 0 Å². The zero-order valence-electron chi connectivity index (χ0n) is 13.2. The molecule has 0 saturated heterocycles. The molecule has 1 heteroatoms. The molecule has 0 heterocycles. The Morgan fingerprint density at radius 2 is 1.18 bits per heavy atom. The van der Waals surface area contributed by atoms with Gasteiger partial charge in [-0.1, -0.05) is 48.5 Å². The Bertz CT molecular complexity index is 831. The van der Waals surface area contributed by atoms with Crippen molar-refractivity contribution in [3.8, 4) is 22.3 Å². The monoisotopic (exact) mass is 290 g/mol. The van der Waals surface area contributed by atoms with Gasteiger partial charge in [0.05, 0.1) is 0 Å². The van der Waals surface area contributed by atoms with E-state index in [4.69, 9.17) is 0 Å². The van der Waals surface area contributed by atoms with E-state index in [0.29, 0.717) is 5.56 Å². The second kappa shape index (κ2) is 5.76. The molecule has 22 heavy (non-hydrogen) atoms. The lowest BCUT2D eigenvalue weighted by molar-refractivity contribution is 0.619. The second-order valence-corrected chi connectivity index (χ2v) is 5.81. The van der Waals surface area contributed by atoms with Crippen LogP contribution in [0.3, 0.4) is 0 Å². The summed E-state index contributed by atoms with van der Waals surface area (Å²) in [6.07, 6.45) is 0. The number of aryl methyl sites for hydroxylation is 3. The van der Waals surface area contributed by atoms with Crippen molar-refractivity contribution in [1.29, 1.82) is 0 Å². The first-order valence-corrected chi connectivity index (χ1v) is 7.49. The van der Waals surface area contributed by atoms with Crippen LogP contribution in [0.25, 0.3) is 22.3 Å². The summed E-state index contributed by atoms with van der Waals surface area (Å²) in [6, 6.07) is 20.2. The largest absolute Gasteiger partial charge is 0.207 e. The molecule has 3 rings (SSSR count). The molecule has 0 bridgehead atoms. The fraction of sp³-hybridized carbons (Fsp3) is 0.143. The lowest BCUT2D eigenvalue weighted by atomic mass is 9.93. The maximum Gasteiger partial charge on any atom is 0.126 e. The highest BCUT2D eigenvalue weighted by Gasteiger charge is 2.07. The van der Waals surface area contributed by atoms with Gasteiger partial charge in [0.25, 0.3) is 0 Å². The first-order chi connectivity index (χ1) is 10.6. The third-order valence-corrected chi connectivity index (χ3v) is 4.15. The molecule has 3 aromatic carbocycles. The van der Waals surface area contributed by atoms with Crippen molar-refractivity contribution in [2.45, 2.75) is 20.8 Å². The molecule has 0 radical (unpaired) electrons. The minimum absolute atomic E-state index is 0.155. The maximum atomic E-state index is 13.4. The highest BCUT2D eigenvalue weighted by molar-refractivity contribution is 5.75. The number of halogens is 1. The van der Waals surface area contributed by atoms with Gasteiger partial charge in [-0.05, 0) is 71.8 Å². The van der Waals surface area contributed by atoms with E-state index >= 15 is 0 Å². The Morgan fingerprint density at radius 1 is 0.591 bits per heavy atom. The standard InChI is InChI=1S/C21H19F/c1-14-6-4-5-7-19(14)17-8-10-20(15(2)12-17)18-9-11-21(22)16(3)13-18/h4-13H,1-3H3.